The van der Waals surface area contributed by atoms with Crippen LogP contribution in [0.25, 0.3) is 0 Å². The molecule has 0 aromatic heterocycles. The Kier molecular flexibility index (Phi) is 4.79. The lowest BCUT2D eigenvalue weighted by Crippen LogP contribution is -2.37. The normalized spacial score (nSPS) is 37.0. The van der Waals surface area contributed by atoms with Gasteiger partial charge >= 0.3 is 0 Å². The molecule has 1 unspecified atom stereocenters. The SMILES string of the molecule is COC1CCC(NCC2CCSC2)CC1. The molecular formula is C12H23NOS. The number of ether oxygens (including phenoxy) is 1. The average Bonchev–Trinajstić information content (AvgIpc) is 2.80. The largest absolute Gasteiger partial charge is 0.381 e. The van der Waals surface area contributed by atoms with Crippen molar-refractivity contribution in [3.05, 3.63) is 0 Å². The minimum absolute atomic E-state index is 0.532. The van der Waals surface area contributed by atoms with E-state index in [9.17, 15) is 0 Å². The molecule has 2 aliphatic rings. The highest BCUT2D eigenvalue weighted by molar-refractivity contribution is 7.99. The molecular weight excluding hydrogens is 206 g/mol. The smallest absolute Gasteiger partial charge is 0.0572 e. The summed E-state index contributed by atoms with van der Waals surface area (Å²) in [6, 6.07) is 0.766. The number of nitrogens with one attached hydrogen (secondary N) is 1. The fourth-order valence-corrected chi connectivity index (χ4v) is 3.86. The van der Waals surface area contributed by atoms with Crippen molar-refractivity contribution in [2.75, 3.05) is 25.2 Å². The van der Waals surface area contributed by atoms with Crippen molar-refractivity contribution >= 4 is 11.8 Å². The van der Waals surface area contributed by atoms with Crippen LogP contribution in [0.15, 0.2) is 0 Å². The molecule has 1 saturated carbocycles. The van der Waals surface area contributed by atoms with Crippen molar-refractivity contribution in [1.29, 1.82) is 0 Å². The number of hydrogen-bond donors (Lipinski definition) is 1. The van der Waals surface area contributed by atoms with Gasteiger partial charge in [-0.1, -0.05) is 0 Å². The van der Waals surface area contributed by atoms with E-state index in [2.05, 4.69) is 17.1 Å². The molecule has 2 nitrogen and oxygen atoms in total. The highest BCUT2D eigenvalue weighted by Crippen LogP contribution is 2.24. The predicted octanol–water partition coefficient (Wildman–Crippen LogP) is 2.29. The molecule has 1 N–H and O–H groups in total. The Balaban J connectivity index is 1.59. The predicted molar refractivity (Wildman–Crippen MR) is 66.5 cm³/mol. The minimum Gasteiger partial charge on any atom is -0.381 e. The third-order valence-corrected chi connectivity index (χ3v) is 4.96. The van der Waals surface area contributed by atoms with E-state index in [4.69, 9.17) is 4.74 Å². The Morgan fingerprint density at radius 2 is 2.00 bits per heavy atom. The van der Waals surface area contributed by atoms with Gasteiger partial charge in [0, 0.05) is 13.2 Å². The quantitative estimate of drug-likeness (QED) is 0.799. The second-order valence-corrected chi connectivity index (χ2v) is 6.00. The van der Waals surface area contributed by atoms with Gasteiger partial charge in [0.1, 0.15) is 0 Å². The summed E-state index contributed by atoms with van der Waals surface area (Å²) in [7, 11) is 1.84. The number of rotatable bonds is 4. The van der Waals surface area contributed by atoms with Crippen molar-refractivity contribution in [2.45, 2.75) is 44.2 Å². The van der Waals surface area contributed by atoms with Crippen LogP contribution in [-0.4, -0.2) is 37.3 Å². The van der Waals surface area contributed by atoms with Gasteiger partial charge in [-0.3, -0.25) is 0 Å². The molecule has 1 aliphatic heterocycles. The maximum absolute atomic E-state index is 5.39. The zero-order chi connectivity index (χ0) is 10.5. The van der Waals surface area contributed by atoms with Crippen LogP contribution in [0.1, 0.15) is 32.1 Å². The summed E-state index contributed by atoms with van der Waals surface area (Å²) in [6.07, 6.45) is 7.05. The molecule has 2 rings (SSSR count). The first-order valence-corrected chi connectivity index (χ1v) is 7.38. The number of methoxy groups -OCH3 is 1. The van der Waals surface area contributed by atoms with Crippen LogP contribution in [0.4, 0.5) is 0 Å². The summed E-state index contributed by atoms with van der Waals surface area (Å²) in [4.78, 5) is 0. The van der Waals surface area contributed by atoms with E-state index in [1.54, 1.807) is 0 Å². The van der Waals surface area contributed by atoms with Gasteiger partial charge in [0.15, 0.2) is 0 Å². The Hall–Kier alpha value is 0.270. The van der Waals surface area contributed by atoms with Gasteiger partial charge in [0.25, 0.3) is 0 Å². The van der Waals surface area contributed by atoms with E-state index in [0.717, 1.165) is 12.0 Å². The Morgan fingerprint density at radius 3 is 2.60 bits per heavy atom. The standard InChI is InChI=1S/C12H23NOS/c1-14-12-4-2-11(3-5-12)13-8-10-6-7-15-9-10/h10-13H,2-9H2,1H3. The fourth-order valence-electron chi connectivity index (χ4n) is 2.58. The zero-order valence-corrected chi connectivity index (χ0v) is 10.5. The monoisotopic (exact) mass is 229 g/mol. The summed E-state index contributed by atoms with van der Waals surface area (Å²) in [5, 5.41) is 3.74. The summed E-state index contributed by atoms with van der Waals surface area (Å²) < 4.78 is 5.39. The molecule has 0 bridgehead atoms. The molecule has 1 atom stereocenters. The van der Waals surface area contributed by atoms with Crippen molar-refractivity contribution in [1.82, 2.24) is 5.32 Å². The second-order valence-electron chi connectivity index (χ2n) is 4.85. The third kappa shape index (κ3) is 3.65. The Bertz CT molecular complexity index is 174. The highest BCUT2D eigenvalue weighted by Gasteiger charge is 2.22. The van der Waals surface area contributed by atoms with Gasteiger partial charge in [0.05, 0.1) is 6.10 Å². The van der Waals surface area contributed by atoms with Gasteiger partial charge in [0.2, 0.25) is 0 Å². The first kappa shape index (κ1) is 11.7. The average molecular weight is 229 g/mol. The van der Waals surface area contributed by atoms with Gasteiger partial charge in [-0.15, -0.1) is 0 Å². The van der Waals surface area contributed by atoms with E-state index < -0.39 is 0 Å². The van der Waals surface area contributed by atoms with Crippen LogP contribution in [0.2, 0.25) is 0 Å². The summed E-state index contributed by atoms with van der Waals surface area (Å²) >= 11 is 2.11. The lowest BCUT2D eigenvalue weighted by atomic mass is 9.92. The van der Waals surface area contributed by atoms with E-state index in [-0.39, 0.29) is 0 Å². The number of thioether (sulfide) groups is 1. The molecule has 1 aliphatic carbocycles. The molecule has 3 heteroatoms. The molecule has 15 heavy (non-hydrogen) atoms. The summed E-state index contributed by atoms with van der Waals surface area (Å²) in [5.74, 6) is 3.69. The van der Waals surface area contributed by atoms with E-state index in [1.165, 1.54) is 50.2 Å². The molecule has 0 amide bonds. The van der Waals surface area contributed by atoms with Crippen LogP contribution >= 0.6 is 11.8 Å². The van der Waals surface area contributed by atoms with Crippen molar-refractivity contribution in [2.24, 2.45) is 5.92 Å². The maximum atomic E-state index is 5.39. The second kappa shape index (κ2) is 6.12. The van der Waals surface area contributed by atoms with Gasteiger partial charge in [-0.25, -0.2) is 0 Å². The lowest BCUT2D eigenvalue weighted by Gasteiger charge is -2.29. The van der Waals surface area contributed by atoms with Crippen LogP contribution in [-0.2, 0) is 4.74 Å². The van der Waals surface area contributed by atoms with Crippen LogP contribution < -0.4 is 5.32 Å². The highest BCUT2D eigenvalue weighted by atomic mass is 32.2. The number of hydrogen-bond acceptors (Lipinski definition) is 3. The van der Waals surface area contributed by atoms with Gasteiger partial charge in [-0.05, 0) is 56.1 Å². The van der Waals surface area contributed by atoms with Crippen molar-refractivity contribution in [3.63, 3.8) is 0 Å². The first-order chi connectivity index (χ1) is 7.38. The van der Waals surface area contributed by atoms with Crippen molar-refractivity contribution in [3.8, 4) is 0 Å². The lowest BCUT2D eigenvalue weighted by molar-refractivity contribution is 0.0622. The molecule has 0 aromatic rings. The molecule has 1 heterocycles. The van der Waals surface area contributed by atoms with E-state index in [1.807, 2.05) is 7.11 Å². The third-order valence-electron chi connectivity index (χ3n) is 3.73. The molecule has 1 saturated heterocycles. The Morgan fingerprint density at radius 1 is 1.20 bits per heavy atom. The minimum atomic E-state index is 0.532. The zero-order valence-electron chi connectivity index (χ0n) is 9.71. The topological polar surface area (TPSA) is 21.3 Å². The molecule has 88 valence electrons. The van der Waals surface area contributed by atoms with Crippen LogP contribution in [0, 0.1) is 5.92 Å². The van der Waals surface area contributed by atoms with Crippen molar-refractivity contribution < 1.29 is 4.74 Å². The summed E-state index contributed by atoms with van der Waals surface area (Å²) in [6.45, 7) is 1.25. The summed E-state index contributed by atoms with van der Waals surface area (Å²) in [5.41, 5.74) is 0. The van der Waals surface area contributed by atoms with E-state index >= 15 is 0 Å². The molecule has 2 fully saturated rings. The van der Waals surface area contributed by atoms with Gasteiger partial charge in [-0.2, -0.15) is 11.8 Å². The van der Waals surface area contributed by atoms with E-state index in [0.29, 0.717) is 6.10 Å². The van der Waals surface area contributed by atoms with Crippen LogP contribution in [0.3, 0.4) is 0 Å². The molecule has 0 radical (unpaired) electrons. The Labute approximate surface area is 97.5 Å². The van der Waals surface area contributed by atoms with Crippen LogP contribution in [0.5, 0.6) is 0 Å². The molecule has 0 spiro atoms. The first-order valence-electron chi connectivity index (χ1n) is 6.22. The fraction of sp³-hybridized carbons (Fsp3) is 1.00. The van der Waals surface area contributed by atoms with Gasteiger partial charge < -0.3 is 10.1 Å². The molecule has 0 aromatic carbocycles. The maximum Gasteiger partial charge on any atom is 0.0572 e.